The molecule has 0 radical (unpaired) electrons. The van der Waals surface area contributed by atoms with Crippen LogP contribution < -0.4 is 10.6 Å². The number of pyridine rings is 2. The van der Waals surface area contributed by atoms with Crippen molar-refractivity contribution in [2.75, 3.05) is 18.4 Å². The van der Waals surface area contributed by atoms with E-state index in [1.165, 1.54) is 16.7 Å². The van der Waals surface area contributed by atoms with E-state index in [0.717, 1.165) is 73.3 Å². The monoisotopic (exact) mass is 542 g/mol. The van der Waals surface area contributed by atoms with Crippen molar-refractivity contribution in [2.45, 2.75) is 58.2 Å². The number of hydrogen-bond acceptors (Lipinski definition) is 5. The number of H-pyrrole nitrogens is 1. The number of hydrogen-bond donors (Lipinski definition) is 3. The highest BCUT2D eigenvalue weighted by atomic mass is 35.5. The molecule has 1 saturated carbocycles. The summed E-state index contributed by atoms with van der Waals surface area (Å²) in [4.78, 5) is 27.4. The van der Waals surface area contributed by atoms with Gasteiger partial charge in [-0.2, -0.15) is 0 Å². The third kappa shape index (κ3) is 5.65. The van der Waals surface area contributed by atoms with E-state index in [-0.39, 0.29) is 17.9 Å². The predicted octanol–water partition coefficient (Wildman–Crippen LogP) is 5.87. The number of aromatic nitrogens is 3. The third-order valence-corrected chi connectivity index (χ3v) is 8.61. The number of halogens is 1. The Bertz CT molecular complexity index is 1490. The molecule has 202 valence electrons. The van der Waals surface area contributed by atoms with Gasteiger partial charge in [-0.25, -0.2) is 9.97 Å². The number of amides is 1. The summed E-state index contributed by atoms with van der Waals surface area (Å²) in [5.41, 5.74) is 6.96. The van der Waals surface area contributed by atoms with Crippen molar-refractivity contribution in [2.24, 2.45) is 5.92 Å². The molecule has 3 N–H and O–H groups in total. The Balaban J connectivity index is 0.987. The van der Waals surface area contributed by atoms with Gasteiger partial charge in [-0.1, -0.05) is 29.8 Å². The lowest BCUT2D eigenvalue weighted by atomic mass is 9.90. The molecule has 1 amide bonds. The van der Waals surface area contributed by atoms with Crippen LogP contribution in [0.1, 0.15) is 42.4 Å². The number of aryl methyl sites for hydroxylation is 1. The summed E-state index contributed by atoms with van der Waals surface area (Å²) in [6.07, 6.45) is 7.63. The average molecular weight is 543 g/mol. The number of carbonyl (C=O) groups is 1. The highest BCUT2D eigenvalue weighted by Crippen LogP contribution is 2.32. The first-order valence-corrected chi connectivity index (χ1v) is 14.2. The molecule has 8 heteroatoms. The molecular weight excluding hydrogens is 508 g/mol. The molecule has 2 aliphatic rings. The molecule has 0 spiro atoms. The molecule has 0 atom stereocenters. The number of rotatable bonds is 7. The smallest absolute Gasteiger partial charge is 0.225 e. The Morgan fingerprint density at radius 2 is 1.87 bits per heavy atom. The van der Waals surface area contributed by atoms with Crippen LogP contribution in [0.5, 0.6) is 0 Å². The van der Waals surface area contributed by atoms with Crippen LogP contribution in [0.2, 0.25) is 5.15 Å². The topological polar surface area (TPSA) is 85.9 Å². The molecule has 6 rings (SSSR count). The molecular formula is C31H35ClN6O. The molecule has 4 heterocycles. The van der Waals surface area contributed by atoms with Gasteiger partial charge in [0, 0.05) is 55.1 Å². The third-order valence-electron chi connectivity index (χ3n) is 8.42. The SMILES string of the molecule is Cc1cccc(CN2CC(C(=O)N[C@H]3CC[C@H](Nc4cc(-c5c[nH]c6ncccc56)cc(Cl)n4)CC3)C2)c1C. The van der Waals surface area contributed by atoms with E-state index in [2.05, 4.69) is 74.7 Å². The minimum absolute atomic E-state index is 0.0970. The first-order chi connectivity index (χ1) is 18.9. The zero-order valence-electron chi connectivity index (χ0n) is 22.5. The first kappa shape index (κ1) is 25.8. The Morgan fingerprint density at radius 1 is 1.08 bits per heavy atom. The highest BCUT2D eigenvalue weighted by molar-refractivity contribution is 6.29. The van der Waals surface area contributed by atoms with E-state index in [1.54, 1.807) is 6.20 Å². The maximum atomic E-state index is 12.9. The number of nitrogens with one attached hydrogen (secondary N) is 3. The van der Waals surface area contributed by atoms with E-state index in [4.69, 9.17) is 11.6 Å². The van der Waals surface area contributed by atoms with Crippen molar-refractivity contribution in [1.82, 2.24) is 25.2 Å². The number of likely N-dealkylation sites (tertiary alicyclic amines) is 1. The maximum Gasteiger partial charge on any atom is 0.225 e. The molecule has 3 aromatic heterocycles. The normalized spacial score (nSPS) is 20.1. The van der Waals surface area contributed by atoms with Crippen LogP contribution in [-0.4, -0.2) is 50.9 Å². The number of carbonyl (C=O) groups excluding carboxylic acids is 1. The van der Waals surface area contributed by atoms with Gasteiger partial charge in [-0.05, 0) is 86.1 Å². The minimum Gasteiger partial charge on any atom is -0.367 e. The van der Waals surface area contributed by atoms with Gasteiger partial charge in [-0.3, -0.25) is 9.69 Å². The lowest BCUT2D eigenvalue weighted by Crippen LogP contribution is -2.55. The van der Waals surface area contributed by atoms with Gasteiger partial charge in [-0.15, -0.1) is 0 Å². The quantitative estimate of drug-likeness (QED) is 0.254. The van der Waals surface area contributed by atoms with Crippen LogP contribution in [-0.2, 0) is 11.3 Å². The molecule has 1 aliphatic carbocycles. The van der Waals surface area contributed by atoms with Crippen molar-refractivity contribution in [3.63, 3.8) is 0 Å². The van der Waals surface area contributed by atoms with Crippen molar-refractivity contribution >= 4 is 34.4 Å². The molecule has 0 bridgehead atoms. The van der Waals surface area contributed by atoms with E-state index in [9.17, 15) is 4.79 Å². The number of aromatic amines is 1. The summed E-state index contributed by atoms with van der Waals surface area (Å²) in [7, 11) is 0. The number of anilines is 1. The summed E-state index contributed by atoms with van der Waals surface area (Å²) >= 11 is 6.41. The fourth-order valence-electron chi connectivity index (χ4n) is 5.92. The van der Waals surface area contributed by atoms with Crippen LogP contribution in [0.15, 0.2) is 54.9 Å². The molecule has 0 unspecified atom stereocenters. The second-order valence-corrected chi connectivity index (χ2v) is 11.5. The van der Waals surface area contributed by atoms with Crippen LogP contribution in [0, 0.1) is 19.8 Å². The number of benzene rings is 1. The zero-order valence-corrected chi connectivity index (χ0v) is 23.3. The van der Waals surface area contributed by atoms with Gasteiger partial charge in [0.1, 0.15) is 16.6 Å². The first-order valence-electron chi connectivity index (χ1n) is 13.9. The minimum atomic E-state index is 0.0970. The maximum absolute atomic E-state index is 12.9. The Hall–Kier alpha value is -3.42. The Labute approximate surface area is 234 Å². The Morgan fingerprint density at radius 3 is 2.69 bits per heavy atom. The van der Waals surface area contributed by atoms with E-state index in [1.807, 2.05) is 18.3 Å². The summed E-state index contributed by atoms with van der Waals surface area (Å²) in [5, 5.41) is 8.43. The van der Waals surface area contributed by atoms with E-state index >= 15 is 0 Å². The molecule has 1 aliphatic heterocycles. The van der Waals surface area contributed by atoms with Gasteiger partial charge in [0.05, 0.1) is 5.92 Å². The van der Waals surface area contributed by atoms with Gasteiger partial charge < -0.3 is 15.6 Å². The van der Waals surface area contributed by atoms with Gasteiger partial charge in [0.25, 0.3) is 0 Å². The van der Waals surface area contributed by atoms with Crippen molar-refractivity contribution in [1.29, 1.82) is 0 Å². The molecule has 1 aromatic carbocycles. The fourth-order valence-corrected chi connectivity index (χ4v) is 6.13. The molecule has 2 fully saturated rings. The van der Waals surface area contributed by atoms with Gasteiger partial charge in [0.15, 0.2) is 0 Å². The standard InChI is InChI=1S/C31H35ClN6O/c1-19-5-3-6-21(20(19)2)16-38-17-23(18-38)31(39)36-25-10-8-24(9-11-25)35-29-14-22(13-28(32)37-29)27-15-34-30-26(27)7-4-12-33-30/h3-7,12-15,23-25H,8-11,16-18H2,1-2H3,(H,33,34)(H,35,37)(H,36,39)/t24-,25-. The van der Waals surface area contributed by atoms with E-state index in [0.29, 0.717) is 11.2 Å². The predicted molar refractivity (Wildman–Crippen MR) is 157 cm³/mol. The second kappa shape index (κ2) is 11.0. The average Bonchev–Trinajstić information content (AvgIpc) is 3.33. The number of fused-ring (bicyclic) bond motifs is 1. The molecule has 4 aromatic rings. The summed E-state index contributed by atoms with van der Waals surface area (Å²) in [5.74, 6) is 1.08. The molecule has 7 nitrogen and oxygen atoms in total. The zero-order chi connectivity index (χ0) is 26.9. The Kier molecular flexibility index (Phi) is 7.28. The van der Waals surface area contributed by atoms with Crippen LogP contribution in [0.4, 0.5) is 5.82 Å². The van der Waals surface area contributed by atoms with Crippen molar-refractivity contribution in [3.8, 4) is 11.1 Å². The largest absolute Gasteiger partial charge is 0.367 e. The lowest BCUT2D eigenvalue weighted by molar-refractivity contribution is -0.131. The summed E-state index contributed by atoms with van der Waals surface area (Å²) < 4.78 is 0. The molecule has 39 heavy (non-hydrogen) atoms. The summed E-state index contributed by atoms with van der Waals surface area (Å²) in [6, 6.07) is 14.9. The highest BCUT2D eigenvalue weighted by Gasteiger charge is 2.34. The molecule has 1 saturated heterocycles. The second-order valence-electron chi connectivity index (χ2n) is 11.1. The van der Waals surface area contributed by atoms with Crippen molar-refractivity contribution < 1.29 is 4.79 Å². The van der Waals surface area contributed by atoms with Gasteiger partial charge in [0.2, 0.25) is 5.91 Å². The van der Waals surface area contributed by atoms with Gasteiger partial charge >= 0.3 is 0 Å². The van der Waals surface area contributed by atoms with Crippen LogP contribution >= 0.6 is 11.6 Å². The lowest BCUT2D eigenvalue weighted by Gasteiger charge is -2.40. The fraction of sp³-hybridized carbons (Fsp3) is 0.387. The number of nitrogens with zero attached hydrogens (tertiary/aromatic N) is 3. The van der Waals surface area contributed by atoms with Crippen LogP contribution in [0.25, 0.3) is 22.2 Å². The van der Waals surface area contributed by atoms with E-state index < -0.39 is 0 Å². The van der Waals surface area contributed by atoms with Crippen LogP contribution in [0.3, 0.4) is 0 Å². The van der Waals surface area contributed by atoms with Crippen molar-refractivity contribution in [3.05, 3.63) is 76.7 Å². The summed E-state index contributed by atoms with van der Waals surface area (Å²) in [6.45, 7) is 6.94.